The molecule has 0 aliphatic rings. The third-order valence-corrected chi connectivity index (χ3v) is 4.34. The summed E-state index contributed by atoms with van der Waals surface area (Å²) < 4.78 is 0. The van der Waals surface area contributed by atoms with Gasteiger partial charge in [0, 0.05) is 19.1 Å². The first-order chi connectivity index (χ1) is 9.09. The van der Waals surface area contributed by atoms with Gasteiger partial charge in [-0.2, -0.15) is 0 Å². The van der Waals surface area contributed by atoms with Crippen molar-refractivity contribution in [3.05, 3.63) is 35.4 Å². The van der Waals surface area contributed by atoms with Gasteiger partial charge >= 0.3 is 0 Å². The number of hydrogen-bond donors (Lipinski definition) is 1. The van der Waals surface area contributed by atoms with Gasteiger partial charge in [0.15, 0.2) is 0 Å². The van der Waals surface area contributed by atoms with E-state index in [4.69, 9.17) is 5.73 Å². The van der Waals surface area contributed by atoms with E-state index in [2.05, 4.69) is 31.2 Å². The van der Waals surface area contributed by atoms with E-state index < -0.39 is 11.0 Å². The average Bonchev–Trinajstić information content (AvgIpc) is 2.37. The summed E-state index contributed by atoms with van der Waals surface area (Å²) in [6.07, 6.45) is 1.03. The number of amides is 1. The molecule has 1 rings (SSSR count). The standard InChI is InChI=1S/C17H28N2O/c1-7-13-8-10-14(11-9-13)12-19(6)15(20)16(2,3)17(4,5)18/h8-11H,7,12,18H2,1-6H3. The maximum Gasteiger partial charge on any atom is 0.230 e. The first kappa shape index (κ1) is 16.7. The fraction of sp³-hybridized carbons (Fsp3) is 0.588. The van der Waals surface area contributed by atoms with E-state index in [-0.39, 0.29) is 5.91 Å². The number of carbonyl (C=O) groups excluding carboxylic acids is 1. The number of nitrogens with zero attached hydrogens (tertiary/aromatic N) is 1. The van der Waals surface area contributed by atoms with Crippen molar-refractivity contribution >= 4 is 5.91 Å². The second-order valence-electron chi connectivity index (χ2n) is 6.68. The minimum Gasteiger partial charge on any atom is -0.341 e. The van der Waals surface area contributed by atoms with E-state index >= 15 is 0 Å². The van der Waals surface area contributed by atoms with E-state index in [9.17, 15) is 4.79 Å². The zero-order valence-electron chi connectivity index (χ0n) is 13.7. The molecule has 0 saturated heterocycles. The van der Waals surface area contributed by atoms with Crippen molar-refractivity contribution in [2.75, 3.05) is 7.05 Å². The van der Waals surface area contributed by atoms with Crippen molar-refractivity contribution in [2.45, 2.75) is 53.1 Å². The van der Waals surface area contributed by atoms with Crippen molar-refractivity contribution in [3.8, 4) is 0 Å². The SMILES string of the molecule is CCc1ccc(CN(C)C(=O)C(C)(C)C(C)(C)N)cc1. The Hall–Kier alpha value is -1.35. The molecule has 0 aliphatic carbocycles. The molecule has 0 aliphatic heterocycles. The van der Waals surface area contributed by atoms with Crippen LogP contribution in [0.2, 0.25) is 0 Å². The van der Waals surface area contributed by atoms with Crippen molar-refractivity contribution in [3.63, 3.8) is 0 Å². The summed E-state index contributed by atoms with van der Waals surface area (Å²) in [5.74, 6) is 0.0737. The Balaban J connectivity index is 2.80. The minimum atomic E-state index is -0.592. The fourth-order valence-electron chi connectivity index (χ4n) is 1.98. The molecule has 0 heterocycles. The summed E-state index contributed by atoms with van der Waals surface area (Å²) in [5, 5.41) is 0. The molecule has 3 nitrogen and oxygen atoms in total. The number of aryl methyl sites for hydroxylation is 1. The molecule has 112 valence electrons. The van der Waals surface area contributed by atoms with Crippen LogP contribution in [-0.2, 0) is 17.8 Å². The summed E-state index contributed by atoms with van der Waals surface area (Å²) in [7, 11) is 1.84. The molecular weight excluding hydrogens is 248 g/mol. The molecule has 0 atom stereocenters. The van der Waals surface area contributed by atoms with Crippen molar-refractivity contribution < 1.29 is 4.79 Å². The lowest BCUT2D eigenvalue weighted by molar-refractivity contribution is -0.142. The van der Waals surface area contributed by atoms with Gasteiger partial charge in [0.1, 0.15) is 0 Å². The van der Waals surface area contributed by atoms with Gasteiger partial charge in [0.2, 0.25) is 5.91 Å². The largest absolute Gasteiger partial charge is 0.341 e. The predicted molar refractivity (Wildman–Crippen MR) is 84.3 cm³/mol. The van der Waals surface area contributed by atoms with Gasteiger partial charge in [0.05, 0.1) is 5.41 Å². The summed E-state index contributed by atoms with van der Waals surface area (Å²) >= 11 is 0. The highest BCUT2D eigenvalue weighted by Crippen LogP contribution is 2.30. The summed E-state index contributed by atoms with van der Waals surface area (Å²) in [5.41, 5.74) is 7.45. The first-order valence-electron chi connectivity index (χ1n) is 7.22. The van der Waals surface area contributed by atoms with E-state index in [0.717, 1.165) is 12.0 Å². The molecule has 1 amide bonds. The van der Waals surface area contributed by atoms with Gasteiger partial charge in [-0.15, -0.1) is 0 Å². The van der Waals surface area contributed by atoms with Crippen molar-refractivity contribution in [1.82, 2.24) is 4.90 Å². The molecule has 1 aromatic carbocycles. The summed E-state index contributed by atoms with van der Waals surface area (Å²) in [6, 6.07) is 8.41. The zero-order valence-corrected chi connectivity index (χ0v) is 13.7. The van der Waals surface area contributed by atoms with Crippen LogP contribution in [0.1, 0.15) is 45.7 Å². The third kappa shape index (κ3) is 3.60. The van der Waals surface area contributed by atoms with Crippen LogP contribution in [0.3, 0.4) is 0 Å². The zero-order chi connectivity index (χ0) is 15.6. The Labute approximate surface area is 123 Å². The van der Waals surface area contributed by atoms with Gasteiger partial charge < -0.3 is 10.6 Å². The van der Waals surface area contributed by atoms with Crippen LogP contribution in [0.15, 0.2) is 24.3 Å². The highest BCUT2D eigenvalue weighted by molar-refractivity contribution is 5.83. The van der Waals surface area contributed by atoms with E-state index in [1.807, 2.05) is 34.7 Å². The molecule has 0 radical (unpaired) electrons. The van der Waals surface area contributed by atoms with Crippen LogP contribution in [0.5, 0.6) is 0 Å². The first-order valence-corrected chi connectivity index (χ1v) is 7.22. The Kier molecular flexibility index (Phi) is 4.98. The van der Waals surface area contributed by atoms with Gasteiger partial charge in [-0.3, -0.25) is 4.79 Å². The van der Waals surface area contributed by atoms with E-state index in [1.54, 1.807) is 4.90 Å². The smallest absolute Gasteiger partial charge is 0.230 e. The van der Waals surface area contributed by atoms with Gasteiger partial charge in [-0.1, -0.05) is 31.2 Å². The quantitative estimate of drug-likeness (QED) is 0.898. The number of carbonyl (C=O) groups is 1. The topological polar surface area (TPSA) is 46.3 Å². The molecule has 0 spiro atoms. The second-order valence-corrected chi connectivity index (χ2v) is 6.68. The van der Waals surface area contributed by atoms with Gasteiger partial charge in [0.25, 0.3) is 0 Å². The number of benzene rings is 1. The number of nitrogens with two attached hydrogens (primary N) is 1. The fourth-order valence-corrected chi connectivity index (χ4v) is 1.98. The molecule has 3 heteroatoms. The summed E-state index contributed by atoms with van der Waals surface area (Å²) in [4.78, 5) is 14.3. The average molecular weight is 276 g/mol. The highest BCUT2D eigenvalue weighted by Gasteiger charge is 2.41. The molecule has 0 bridgehead atoms. The highest BCUT2D eigenvalue weighted by atomic mass is 16.2. The lowest BCUT2D eigenvalue weighted by atomic mass is 9.74. The lowest BCUT2D eigenvalue weighted by Gasteiger charge is -2.39. The molecule has 2 N–H and O–H groups in total. The van der Waals surface area contributed by atoms with Crippen LogP contribution in [0.4, 0.5) is 0 Å². The van der Waals surface area contributed by atoms with Crippen LogP contribution < -0.4 is 5.73 Å². The Morgan fingerprint density at radius 2 is 1.55 bits per heavy atom. The Bertz CT molecular complexity index is 455. The van der Waals surface area contributed by atoms with Crippen molar-refractivity contribution in [2.24, 2.45) is 11.1 Å². The predicted octanol–water partition coefficient (Wildman–Crippen LogP) is 2.97. The molecule has 1 aromatic rings. The lowest BCUT2D eigenvalue weighted by Crippen LogP contribution is -2.55. The van der Waals surface area contributed by atoms with Crippen LogP contribution in [-0.4, -0.2) is 23.4 Å². The van der Waals surface area contributed by atoms with E-state index in [0.29, 0.717) is 6.54 Å². The molecule has 0 unspecified atom stereocenters. The molecule has 0 aromatic heterocycles. The summed E-state index contributed by atoms with van der Waals surface area (Å²) in [6.45, 7) is 10.4. The third-order valence-electron chi connectivity index (χ3n) is 4.34. The molecule has 0 saturated carbocycles. The van der Waals surface area contributed by atoms with Gasteiger partial charge in [-0.05, 0) is 45.2 Å². The number of rotatable bonds is 5. The normalized spacial score (nSPS) is 12.3. The van der Waals surface area contributed by atoms with E-state index in [1.165, 1.54) is 5.56 Å². The Morgan fingerprint density at radius 3 is 1.95 bits per heavy atom. The second kappa shape index (κ2) is 5.96. The maximum atomic E-state index is 12.6. The van der Waals surface area contributed by atoms with Crippen LogP contribution in [0, 0.1) is 5.41 Å². The monoisotopic (exact) mass is 276 g/mol. The molecule has 0 fully saturated rings. The van der Waals surface area contributed by atoms with Crippen LogP contribution >= 0.6 is 0 Å². The van der Waals surface area contributed by atoms with Crippen LogP contribution in [0.25, 0.3) is 0 Å². The maximum absolute atomic E-state index is 12.6. The minimum absolute atomic E-state index is 0.0737. The van der Waals surface area contributed by atoms with Crippen molar-refractivity contribution in [1.29, 1.82) is 0 Å². The Morgan fingerprint density at radius 1 is 1.10 bits per heavy atom. The molecular formula is C17H28N2O. The van der Waals surface area contributed by atoms with Gasteiger partial charge in [-0.25, -0.2) is 0 Å². The molecule has 20 heavy (non-hydrogen) atoms. The number of hydrogen-bond acceptors (Lipinski definition) is 2.